The van der Waals surface area contributed by atoms with Crippen LogP contribution in [-0.2, 0) is 17.1 Å². The van der Waals surface area contributed by atoms with Gasteiger partial charge in [0.25, 0.3) is 0 Å². The van der Waals surface area contributed by atoms with E-state index >= 15 is 0 Å². The van der Waals surface area contributed by atoms with Gasteiger partial charge in [-0.1, -0.05) is 30.1 Å². The van der Waals surface area contributed by atoms with Crippen molar-refractivity contribution < 1.29 is 31.3 Å². The zero-order valence-electron chi connectivity index (χ0n) is 12.1. The molecule has 0 radical (unpaired) electrons. The van der Waals surface area contributed by atoms with Crippen LogP contribution < -0.4 is 9.84 Å². The largest absolute Gasteiger partial charge is 2.00 e. The molecule has 116 valence electrons. The van der Waals surface area contributed by atoms with Crippen molar-refractivity contribution >= 4 is 5.76 Å². The number of ether oxygens (including phenoxy) is 1. The number of allylic oxidation sites excluding steroid dienone is 6. The van der Waals surface area contributed by atoms with E-state index in [0.717, 1.165) is 5.57 Å². The molecule has 0 spiro atoms. The van der Waals surface area contributed by atoms with Crippen molar-refractivity contribution in [1.29, 1.82) is 0 Å². The van der Waals surface area contributed by atoms with Gasteiger partial charge in [-0.3, -0.25) is 0 Å². The van der Waals surface area contributed by atoms with E-state index in [2.05, 4.69) is 0 Å². The van der Waals surface area contributed by atoms with Crippen molar-refractivity contribution in [3.05, 3.63) is 102 Å². The third-order valence-electron chi connectivity index (χ3n) is 3.19. The van der Waals surface area contributed by atoms with Crippen LogP contribution in [0.15, 0.2) is 90.2 Å². The van der Waals surface area contributed by atoms with Crippen molar-refractivity contribution in [3.8, 4) is 5.75 Å². The summed E-state index contributed by atoms with van der Waals surface area (Å²) in [6.07, 6.45) is 8.80. The van der Waals surface area contributed by atoms with Gasteiger partial charge in [-0.2, -0.15) is 18.2 Å². The smallest absolute Gasteiger partial charge is 0.872 e. The van der Waals surface area contributed by atoms with Crippen LogP contribution in [0.2, 0.25) is 0 Å². The first-order valence-corrected chi connectivity index (χ1v) is 6.86. The summed E-state index contributed by atoms with van der Waals surface area (Å²) >= 11 is 0. The van der Waals surface area contributed by atoms with Gasteiger partial charge in [0.2, 0.25) is 0 Å². The summed E-state index contributed by atoms with van der Waals surface area (Å²) in [4.78, 5) is 0. The molecular formula is C19H13FFeO2. The molecule has 2 aromatic rings. The molecule has 0 fully saturated rings. The molecule has 2 nitrogen and oxygen atoms in total. The van der Waals surface area contributed by atoms with Crippen molar-refractivity contribution in [1.82, 2.24) is 0 Å². The molecular weight excluding hydrogens is 335 g/mol. The first-order valence-electron chi connectivity index (χ1n) is 6.86. The van der Waals surface area contributed by atoms with Crippen molar-refractivity contribution in [2.45, 2.75) is 0 Å². The molecule has 0 N–H and O–H groups in total. The molecule has 0 amide bonds. The zero-order chi connectivity index (χ0) is 15.4. The van der Waals surface area contributed by atoms with Crippen LogP contribution in [-0.4, -0.2) is 0 Å². The fraction of sp³-hybridized carbons (Fsp3) is 0. The minimum absolute atomic E-state index is 0. The summed E-state index contributed by atoms with van der Waals surface area (Å²) in [5.74, 6) is 0.148. The van der Waals surface area contributed by atoms with E-state index in [1.807, 2.05) is 54.6 Å². The molecule has 23 heavy (non-hydrogen) atoms. The van der Waals surface area contributed by atoms with E-state index in [0.29, 0.717) is 11.3 Å². The number of hydrogen-bond acceptors (Lipinski definition) is 2. The second kappa shape index (κ2) is 7.72. The van der Waals surface area contributed by atoms with Gasteiger partial charge in [-0.05, 0) is 18.2 Å². The second-order valence-electron chi connectivity index (χ2n) is 4.75. The monoisotopic (exact) mass is 348 g/mol. The Morgan fingerprint density at radius 1 is 1.04 bits per heavy atom. The van der Waals surface area contributed by atoms with E-state index in [1.54, 1.807) is 0 Å². The van der Waals surface area contributed by atoms with E-state index in [9.17, 15) is 9.50 Å². The standard InChI is InChI=1S/C14H9FO2.C5H5.Fe/c15-10-5-6-11-12(16)8-13(17-14(11)7-10)9-3-1-2-4-9;1-2-4-5-3-1;/h1-8,16H;1-5H;/q;-1;+2/p-1. The van der Waals surface area contributed by atoms with Crippen LogP contribution in [0.4, 0.5) is 4.39 Å². The van der Waals surface area contributed by atoms with Gasteiger partial charge in [-0.25, -0.2) is 16.5 Å². The SMILES string of the molecule is [Fe+2].[O-]C1=CC(=C2C=CC=C2)Oc2cc(F)ccc21.c1cc[cH-]c1. The number of rotatable bonds is 0. The maximum absolute atomic E-state index is 13.1. The topological polar surface area (TPSA) is 32.3 Å². The molecule has 0 aromatic heterocycles. The second-order valence-corrected chi connectivity index (χ2v) is 4.75. The fourth-order valence-electron chi connectivity index (χ4n) is 2.13. The summed E-state index contributed by atoms with van der Waals surface area (Å²) < 4.78 is 18.6. The van der Waals surface area contributed by atoms with Crippen LogP contribution in [0.3, 0.4) is 0 Å². The number of hydrogen-bond donors (Lipinski definition) is 0. The molecule has 1 aliphatic carbocycles. The van der Waals surface area contributed by atoms with E-state index in [1.165, 1.54) is 24.3 Å². The summed E-state index contributed by atoms with van der Waals surface area (Å²) in [5.41, 5.74) is 1.20. The van der Waals surface area contributed by atoms with Gasteiger partial charge in [0.1, 0.15) is 17.3 Å². The van der Waals surface area contributed by atoms with E-state index in [-0.39, 0.29) is 28.6 Å². The van der Waals surface area contributed by atoms with E-state index < -0.39 is 5.82 Å². The van der Waals surface area contributed by atoms with Gasteiger partial charge >= 0.3 is 17.1 Å². The molecule has 0 saturated carbocycles. The number of fused-ring (bicyclic) bond motifs is 1. The average Bonchev–Trinajstić information content (AvgIpc) is 3.23. The Morgan fingerprint density at radius 3 is 2.35 bits per heavy atom. The van der Waals surface area contributed by atoms with Crippen LogP contribution in [0.5, 0.6) is 5.75 Å². The van der Waals surface area contributed by atoms with Crippen LogP contribution in [0.1, 0.15) is 5.56 Å². The van der Waals surface area contributed by atoms with Gasteiger partial charge in [-0.15, -0.1) is 0 Å². The number of benzene rings is 1. The van der Waals surface area contributed by atoms with Crippen LogP contribution in [0.25, 0.3) is 5.76 Å². The number of halogens is 1. The van der Waals surface area contributed by atoms with Crippen molar-refractivity contribution in [2.75, 3.05) is 0 Å². The van der Waals surface area contributed by atoms with Gasteiger partial charge < -0.3 is 9.84 Å². The zero-order valence-corrected chi connectivity index (χ0v) is 13.2. The molecule has 4 rings (SSSR count). The summed E-state index contributed by atoms with van der Waals surface area (Å²) in [6, 6.07) is 13.9. The third kappa shape index (κ3) is 4.07. The molecule has 1 heterocycles. The third-order valence-corrected chi connectivity index (χ3v) is 3.19. The first-order chi connectivity index (χ1) is 10.7. The molecule has 0 unspecified atom stereocenters. The average molecular weight is 348 g/mol. The first kappa shape index (κ1) is 16.9. The molecule has 2 aliphatic rings. The Bertz CT molecular complexity index is 752. The molecule has 2 aromatic carbocycles. The molecule has 0 atom stereocenters. The summed E-state index contributed by atoms with van der Waals surface area (Å²) in [7, 11) is 0. The predicted octanol–water partition coefficient (Wildman–Crippen LogP) is 3.70. The van der Waals surface area contributed by atoms with Gasteiger partial charge in [0.05, 0.1) is 0 Å². The van der Waals surface area contributed by atoms with Crippen molar-refractivity contribution in [3.63, 3.8) is 0 Å². The van der Waals surface area contributed by atoms with Gasteiger partial charge in [0.15, 0.2) is 0 Å². The Kier molecular flexibility index (Phi) is 5.69. The summed E-state index contributed by atoms with van der Waals surface area (Å²) in [6.45, 7) is 0. The Labute approximate surface area is 144 Å². The van der Waals surface area contributed by atoms with Crippen molar-refractivity contribution in [2.24, 2.45) is 0 Å². The van der Waals surface area contributed by atoms with Crippen LogP contribution >= 0.6 is 0 Å². The van der Waals surface area contributed by atoms with Gasteiger partial charge in [0, 0.05) is 17.2 Å². The molecule has 0 bridgehead atoms. The molecule has 1 aliphatic heterocycles. The molecule has 0 saturated heterocycles. The van der Waals surface area contributed by atoms with E-state index in [4.69, 9.17) is 4.74 Å². The normalized spacial score (nSPS) is 14.2. The Morgan fingerprint density at radius 2 is 1.74 bits per heavy atom. The van der Waals surface area contributed by atoms with Crippen LogP contribution in [0, 0.1) is 5.82 Å². The summed E-state index contributed by atoms with van der Waals surface area (Å²) in [5, 5.41) is 11.8. The predicted molar refractivity (Wildman–Crippen MR) is 82.3 cm³/mol. The minimum Gasteiger partial charge on any atom is -0.872 e. The maximum atomic E-state index is 13.1. The molecule has 4 heteroatoms. The Hall–Kier alpha value is -2.42. The fourth-order valence-corrected chi connectivity index (χ4v) is 2.13. The Balaban J connectivity index is 0.000000276. The maximum Gasteiger partial charge on any atom is 2.00 e. The quantitative estimate of drug-likeness (QED) is 0.537. The minimum atomic E-state index is -0.416.